The summed E-state index contributed by atoms with van der Waals surface area (Å²) in [4.78, 5) is 36.3. The summed E-state index contributed by atoms with van der Waals surface area (Å²) in [7, 11) is -3.07. The average molecular weight is 524 g/mol. The zero-order chi connectivity index (χ0) is 25.9. The molecule has 0 bridgehead atoms. The van der Waals surface area contributed by atoms with Crippen LogP contribution in [0, 0.1) is 5.82 Å². The Bertz CT molecular complexity index is 1270. The second kappa shape index (κ2) is 10.7. The van der Waals surface area contributed by atoms with Crippen LogP contribution in [0.5, 0.6) is 0 Å². The summed E-state index contributed by atoms with van der Waals surface area (Å²) in [5, 5.41) is 21.3. The van der Waals surface area contributed by atoms with Gasteiger partial charge < -0.3 is 24.4 Å². The Morgan fingerprint density at radius 2 is 2.08 bits per heavy atom. The Kier molecular flexibility index (Phi) is 7.68. The molecule has 2 atom stereocenters. The fourth-order valence-corrected chi connectivity index (χ4v) is 3.73. The molecule has 3 N–H and O–H groups in total. The maximum absolute atomic E-state index is 14.9. The van der Waals surface area contributed by atoms with Crippen molar-refractivity contribution in [1.82, 2.24) is 25.2 Å². The molecule has 1 amide bonds. The first-order valence-electron chi connectivity index (χ1n) is 10.5. The van der Waals surface area contributed by atoms with Gasteiger partial charge >= 0.3 is 13.9 Å². The molecule has 1 fully saturated rings. The van der Waals surface area contributed by atoms with Crippen molar-refractivity contribution in [2.45, 2.75) is 12.2 Å². The molecule has 1 aliphatic heterocycles. The number of phosphoric ester groups is 1. The molecule has 192 valence electrons. The van der Waals surface area contributed by atoms with E-state index in [0.717, 1.165) is 0 Å². The summed E-state index contributed by atoms with van der Waals surface area (Å²) < 4.78 is 40.2. The van der Waals surface area contributed by atoms with Crippen LogP contribution in [0.2, 0.25) is 0 Å². The summed E-state index contributed by atoms with van der Waals surface area (Å²) >= 11 is 0. The van der Waals surface area contributed by atoms with Crippen molar-refractivity contribution in [2.75, 3.05) is 31.3 Å². The zero-order valence-corrected chi connectivity index (χ0v) is 19.7. The molecule has 0 radical (unpaired) electrons. The lowest BCUT2D eigenvalue weighted by Crippen LogP contribution is -2.28. The lowest BCUT2D eigenvalue weighted by molar-refractivity contribution is -0.0182. The second-order valence-electron chi connectivity index (χ2n) is 7.79. The maximum Gasteiger partial charge on any atom is 0.469 e. The number of aliphatic hydroxyl groups excluding tert-OH is 1. The van der Waals surface area contributed by atoms with E-state index in [-0.39, 0.29) is 31.0 Å². The van der Waals surface area contributed by atoms with Gasteiger partial charge in [-0.15, -0.1) is 10.2 Å². The van der Waals surface area contributed by atoms with Gasteiger partial charge in [-0.25, -0.2) is 13.8 Å². The topological polar surface area (TPSA) is 182 Å². The molecule has 1 aromatic carbocycles. The van der Waals surface area contributed by atoms with Gasteiger partial charge in [-0.3, -0.25) is 14.4 Å². The summed E-state index contributed by atoms with van der Waals surface area (Å²) in [6, 6.07) is 7.63. The van der Waals surface area contributed by atoms with Crippen molar-refractivity contribution in [3.05, 3.63) is 42.3 Å². The van der Waals surface area contributed by atoms with Gasteiger partial charge in [0.2, 0.25) is 5.82 Å². The van der Waals surface area contributed by atoms with Crippen LogP contribution in [-0.4, -0.2) is 84.8 Å². The number of rotatable bonds is 10. The number of hydrogen-bond acceptors (Lipinski definition) is 10. The van der Waals surface area contributed by atoms with Gasteiger partial charge in [0.05, 0.1) is 39.1 Å². The molecule has 2 aromatic heterocycles. The SMILES string of the molecule is Cn1nnc(-c2ccc(-c3ccc(N4C[C@H](COCC(O)COP(=O)(O)O)OC4=O)cc3F)cn2)n1. The number of phosphoric acid groups is 1. The molecule has 3 heterocycles. The number of tetrazole rings is 1. The van der Waals surface area contributed by atoms with Crippen molar-refractivity contribution in [3.63, 3.8) is 0 Å². The zero-order valence-electron chi connectivity index (χ0n) is 18.8. The highest BCUT2D eigenvalue weighted by Crippen LogP contribution is 2.35. The minimum atomic E-state index is -4.70. The number of carbonyl (C=O) groups excluding carboxylic acids is 1. The average Bonchev–Trinajstić information content (AvgIpc) is 3.42. The highest BCUT2D eigenvalue weighted by molar-refractivity contribution is 7.46. The summed E-state index contributed by atoms with van der Waals surface area (Å²) in [5.74, 6) is -0.227. The minimum Gasteiger partial charge on any atom is -0.441 e. The number of aliphatic hydroxyl groups is 1. The van der Waals surface area contributed by atoms with Crippen molar-refractivity contribution in [3.8, 4) is 22.6 Å². The van der Waals surface area contributed by atoms with Crippen LogP contribution in [0.25, 0.3) is 22.6 Å². The monoisotopic (exact) mass is 524 g/mol. The second-order valence-corrected chi connectivity index (χ2v) is 9.03. The molecule has 0 aliphatic carbocycles. The number of benzene rings is 1. The van der Waals surface area contributed by atoms with Gasteiger partial charge in [0.25, 0.3) is 0 Å². The number of aryl methyl sites for hydroxylation is 1. The van der Waals surface area contributed by atoms with Crippen molar-refractivity contribution in [1.29, 1.82) is 0 Å². The van der Waals surface area contributed by atoms with Gasteiger partial charge in [0.1, 0.15) is 23.7 Å². The van der Waals surface area contributed by atoms with Gasteiger partial charge in [-0.1, -0.05) is 6.07 Å². The van der Waals surface area contributed by atoms with E-state index in [1.54, 1.807) is 25.2 Å². The number of nitrogens with zero attached hydrogens (tertiary/aromatic N) is 6. The molecular weight excluding hydrogens is 502 g/mol. The number of aromatic nitrogens is 5. The van der Waals surface area contributed by atoms with E-state index in [4.69, 9.17) is 19.3 Å². The van der Waals surface area contributed by atoms with Gasteiger partial charge in [0.15, 0.2) is 0 Å². The number of pyridine rings is 1. The van der Waals surface area contributed by atoms with E-state index in [1.165, 1.54) is 28.0 Å². The molecule has 36 heavy (non-hydrogen) atoms. The Hall–Kier alpha value is -3.33. The molecule has 16 heteroatoms. The number of halogens is 1. The summed E-state index contributed by atoms with van der Waals surface area (Å²) in [5.41, 5.74) is 1.57. The molecule has 0 saturated carbocycles. The van der Waals surface area contributed by atoms with Crippen LogP contribution < -0.4 is 4.90 Å². The molecule has 14 nitrogen and oxygen atoms in total. The Morgan fingerprint density at radius 1 is 1.28 bits per heavy atom. The van der Waals surface area contributed by atoms with Gasteiger partial charge in [0, 0.05) is 17.3 Å². The standard InChI is InChI=1S/C20H22FN6O8P/c1-26-24-19(23-25-26)18-5-2-12(7-22-18)16-4-3-13(6-17(16)21)27-8-15(35-20(27)29)11-33-9-14(28)10-34-36(30,31)32/h2-7,14-15,28H,8-11H2,1H3,(H2,30,31,32)/t14?,15-/m1/s1. The Balaban J connectivity index is 1.34. The first-order chi connectivity index (χ1) is 17.1. The van der Waals surface area contributed by atoms with Crippen LogP contribution in [0.1, 0.15) is 0 Å². The predicted octanol–water partition coefficient (Wildman–Crippen LogP) is 0.890. The van der Waals surface area contributed by atoms with E-state index in [9.17, 15) is 18.9 Å². The number of ether oxygens (including phenoxy) is 2. The number of carbonyl (C=O) groups is 1. The van der Waals surface area contributed by atoms with Crippen LogP contribution in [0.15, 0.2) is 36.5 Å². The van der Waals surface area contributed by atoms with Crippen LogP contribution in [0.3, 0.4) is 0 Å². The lowest BCUT2D eigenvalue weighted by Gasteiger charge is -2.15. The van der Waals surface area contributed by atoms with E-state index in [2.05, 4.69) is 24.9 Å². The number of hydrogen-bond donors (Lipinski definition) is 3. The Morgan fingerprint density at radius 3 is 2.72 bits per heavy atom. The summed E-state index contributed by atoms with van der Waals surface area (Å²) in [6.07, 6.45) is -1.18. The normalized spacial score (nSPS) is 16.9. The van der Waals surface area contributed by atoms with Crippen molar-refractivity contribution >= 4 is 19.6 Å². The van der Waals surface area contributed by atoms with Crippen molar-refractivity contribution < 1.29 is 42.6 Å². The molecule has 0 spiro atoms. The molecule has 1 aliphatic rings. The molecule has 1 saturated heterocycles. The first kappa shape index (κ1) is 25.8. The third-order valence-corrected chi connectivity index (χ3v) is 5.48. The Labute approximate surface area is 203 Å². The van der Waals surface area contributed by atoms with Crippen LogP contribution in [0.4, 0.5) is 14.9 Å². The van der Waals surface area contributed by atoms with Crippen LogP contribution in [-0.2, 0) is 25.6 Å². The molecular formula is C20H22FN6O8P. The fourth-order valence-electron chi connectivity index (χ4n) is 3.36. The fraction of sp³-hybridized carbons (Fsp3) is 0.350. The lowest BCUT2D eigenvalue weighted by atomic mass is 10.1. The number of cyclic esters (lactones) is 1. The third-order valence-electron chi connectivity index (χ3n) is 5.00. The number of amides is 1. The predicted molar refractivity (Wildman–Crippen MR) is 120 cm³/mol. The molecule has 4 rings (SSSR count). The smallest absolute Gasteiger partial charge is 0.441 e. The van der Waals surface area contributed by atoms with E-state index < -0.39 is 38.5 Å². The molecule has 3 aromatic rings. The highest BCUT2D eigenvalue weighted by atomic mass is 31.2. The quantitative estimate of drug-likeness (QED) is 0.319. The van der Waals surface area contributed by atoms with Crippen LogP contribution >= 0.6 is 7.82 Å². The first-order valence-corrected chi connectivity index (χ1v) is 12.1. The molecule has 1 unspecified atom stereocenters. The van der Waals surface area contributed by atoms with Gasteiger partial charge in [-0.05, 0) is 29.5 Å². The minimum absolute atomic E-state index is 0.0774. The van der Waals surface area contributed by atoms with E-state index in [1.807, 2.05) is 0 Å². The van der Waals surface area contributed by atoms with E-state index >= 15 is 0 Å². The summed E-state index contributed by atoms with van der Waals surface area (Å²) in [6.45, 7) is -0.929. The largest absolute Gasteiger partial charge is 0.469 e. The van der Waals surface area contributed by atoms with E-state index in [0.29, 0.717) is 17.1 Å². The van der Waals surface area contributed by atoms with Gasteiger partial charge in [-0.2, -0.15) is 4.80 Å². The highest BCUT2D eigenvalue weighted by Gasteiger charge is 2.33. The number of anilines is 1. The van der Waals surface area contributed by atoms with Crippen molar-refractivity contribution in [2.24, 2.45) is 7.05 Å². The maximum atomic E-state index is 14.9. The third kappa shape index (κ3) is 6.46.